The van der Waals surface area contributed by atoms with Gasteiger partial charge in [-0.1, -0.05) is 38.5 Å². The Balaban J connectivity index is 1.79. The summed E-state index contributed by atoms with van der Waals surface area (Å²) in [6.45, 7) is 5.97. The fourth-order valence-electron chi connectivity index (χ4n) is 3.31. The van der Waals surface area contributed by atoms with Gasteiger partial charge >= 0.3 is 5.97 Å². The quantitative estimate of drug-likeness (QED) is 0.524. The molecule has 1 aromatic heterocycles. The zero-order valence-electron chi connectivity index (χ0n) is 15.6. The van der Waals surface area contributed by atoms with Crippen LogP contribution >= 0.6 is 23.1 Å². The summed E-state index contributed by atoms with van der Waals surface area (Å²) in [6.07, 6.45) is 6.26. The van der Waals surface area contributed by atoms with Gasteiger partial charge in [-0.15, -0.1) is 11.3 Å². The van der Waals surface area contributed by atoms with Crippen molar-refractivity contribution in [2.45, 2.75) is 68.8 Å². The molecule has 6 nitrogen and oxygen atoms in total. The topological polar surface area (TPSA) is 82.5 Å². The fraction of sp³-hybridized carbons (Fsp3) is 0.722. The van der Waals surface area contributed by atoms with Crippen LogP contribution in [0.25, 0.3) is 0 Å². The van der Waals surface area contributed by atoms with Crippen LogP contribution in [0, 0.1) is 0 Å². The van der Waals surface area contributed by atoms with Gasteiger partial charge in [0.1, 0.15) is 0 Å². The molecule has 0 unspecified atom stereocenters. The second-order valence-electron chi connectivity index (χ2n) is 6.61. The van der Waals surface area contributed by atoms with Crippen LogP contribution in [0.3, 0.4) is 0 Å². The van der Waals surface area contributed by atoms with Crippen molar-refractivity contribution in [2.24, 2.45) is 0 Å². The van der Waals surface area contributed by atoms with Gasteiger partial charge in [-0.2, -0.15) is 0 Å². The first kappa shape index (κ1) is 21.2. The molecule has 2 N–H and O–H groups in total. The van der Waals surface area contributed by atoms with Gasteiger partial charge in [0.05, 0.1) is 0 Å². The van der Waals surface area contributed by atoms with E-state index in [-0.39, 0.29) is 17.6 Å². The Kier molecular flexibility index (Phi) is 8.87. The third-order valence-electron chi connectivity index (χ3n) is 4.63. The lowest BCUT2D eigenvalue weighted by molar-refractivity contribution is -0.128. The van der Waals surface area contributed by atoms with E-state index in [1.165, 1.54) is 48.8 Å². The van der Waals surface area contributed by atoms with E-state index in [1.54, 1.807) is 5.38 Å². The number of likely N-dealkylation sites (tertiary alicyclic amines) is 1. The maximum atomic E-state index is 12.2. The van der Waals surface area contributed by atoms with Gasteiger partial charge < -0.3 is 15.3 Å². The van der Waals surface area contributed by atoms with Crippen molar-refractivity contribution in [3.05, 3.63) is 11.1 Å². The summed E-state index contributed by atoms with van der Waals surface area (Å²) >= 11 is 2.86. The smallest absolute Gasteiger partial charge is 0.355 e. The second-order valence-corrected chi connectivity index (χ2v) is 8.81. The average molecular weight is 400 g/mol. The number of aromatic carboxylic acids is 1. The number of hydrogen-bond donors (Lipinski definition) is 2. The van der Waals surface area contributed by atoms with Gasteiger partial charge in [0.15, 0.2) is 10.0 Å². The van der Waals surface area contributed by atoms with Gasteiger partial charge in [0, 0.05) is 42.7 Å². The lowest BCUT2D eigenvalue weighted by Crippen LogP contribution is -2.44. The first-order valence-electron chi connectivity index (χ1n) is 9.39. The van der Waals surface area contributed by atoms with E-state index >= 15 is 0 Å². The minimum atomic E-state index is -0.998. The molecule has 0 bridgehead atoms. The monoisotopic (exact) mass is 399 g/mol. The van der Waals surface area contributed by atoms with Crippen LogP contribution < -0.4 is 5.32 Å². The third kappa shape index (κ3) is 6.25. The molecule has 0 saturated carbocycles. The van der Waals surface area contributed by atoms with Gasteiger partial charge in [-0.05, 0) is 19.3 Å². The SMILES string of the molecule is CCCC(CCC)NC[C@H]1CCC(=O)N1CCSc1nc(C(=O)O)cs1. The molecule has 0 spiro atoms. The normalized spacial score (nSPS) is 17.4. The summed E-state index contributed by atoms with van der Waals surface area (Å²) in [7, 11) is 0. The molecule has 0 aromatic carbocycles. The molecule has 2 rings (SSSR count). The minimum absolute atomic E-state index is 0.0923. The van der Waals surface area contributed by atoms with E-state index < -0.39 is 5.97 Å². The van der Waals surface area contributed by atoms with Crippen LogP contribution in [0.1, 0.15) is 62.9 Å². The van der Waals surface area contributed by atoms with Crippen LogP contribution in [0.4, 0.5) is 0 Å². The molecule has 146 valence electrons. The zero-order chi connectivity index (χ0) is 18.9. The number of amides is 1. The first-order valence-corrected chi connectivity index (χ1v) is 11.3. The number of thioether (sulfide) groups is 1. The van der Waals surface area contributed by atoms with E-state index in [9.17, 15) is 9.59 Å². The lowest BCUT2D eigenvalue weighted by atomic mass is 10.1. The van der Waals surface area contributed by atoms with Crippen molar-refractivity contribution >= 4 is 35.0 Å². The molecular formula is C18H29N3O3S2. The molecule has 0 radical (unpaired) electrons. The number of nitrogens with zero attached hydrogens (tertiary/aromatic N) is 2. The summed E-state index contributed by atoms with van der Waals surface area (Å²) in [5.74, 6) is -0.0321. The van der Waals surface area contributed by atoms with Crippen molar-refractivity contribution in [2.75, 3.05) is 18.8 Å². The standard InChI is InChI=1S/C18H29N3O3S2/c1-3-5-13(6-4-2)19-11-14-7-8-16(22)21(14)9-10-25-18-20-15(12-26-18)17(23)24/h12-14,19H,3-11H2,1-2H3,(H,23,24)/t14-/m1/s1. The summed E-state index contributed by atoms with van der Waals surface area (Å²) in [4.78, 5) is 29.2. The molecule has 1 aliphatic rings. The Bertz CT molecular complexity index is 588. The van der Waals surface area contributed by atoms with Crippen LogP contribution in [-0.2, 0) is 4.79 Å². The van der Waals surface area contributed by atoms with Gasteiger partial charge in [0.2, 0.25) is 5.91 Å². The largest absolute Gasteiger partial charge is 0.476 e. The summed E-state index contributed by atoms with van der Waals surface area (Å²) in [5.41, 5.74) is 0.0923. The number of nitrogens with one attached hydrogen (secondary N) is 1. The molecule has 0 aliphatic carbocycles. The van der Waals surface area contributed by atoms with E-state index in [2.05, 4.69) is 24.1 Å². The highest BCUT2D eigenvalue weighted by Crippen LogP contribution is 2.25. The highest BCUT2D eigenvalue weighted by Gasteiger charge is 2.30. The highest BCUT2D eigenvalue weighted by atomic mass is 32.2. The highest BCUT2D eigenvalue weighted by molar-refractivity contribution is 8.01. The number of rotatable bonds is 12. The lowest BCUT2D eigenvalue weighted by Gasteiger charge is -2.27. The Labute approximate surface area is 163 Å². The number of aromatic nitrogens is 1. The molecule has 1 saturated heterocycles. The molecule has 1 aromatic rings. The Hall–Kier alpha value is -1.12. The molecule has 1 atom stereocenters. The summed E-state index contributed by atoms with van der Waals surface area (Å²) < 4.78 is 0.745. The molecule has 2 heterocycles. The maximum Gasteiger partial charge on any atom is 0.355 e. The minimum Gasteiger partial charge on any atom is -0.476 e. The Morgan fingerprint density at radius 3 is 2.81 bits per heavy atom. The molecule has 1 fully saturated rings. The van der Waals surface area contributed by atoms with Crippen LogP contribution in [0.5, 0.6) is 0 Å². The summed E-state index contributed by atoms with van der Waals surface area (Å²) in [5, 5.41) is 14.1. The molecule has 1 aliphatic heterocycles. The molecule has 1 amide bonds. The number of thiazole rings is 1. The number of carboxylic acid groups (broad SMARTS) is 1. The zero-order valence-corrected chi connectivity index (χ0v) is 17.2. The van der Waals surface area contributed by atoms with Crippen molar-refractivity contribution in [1.82, 2.24) is 15.2 Å². The van der Waals surface area contributed by atoms with Crippen molar-refractivity contribution in [3.63, 3.8) is 0 Å². The predicted molar refractivity (Wildman–Crippen MR) is 106 cm³/mol. The third-order valence-corrected chi connectivity index (χ3v) is 6.63. The number of carbonyl (C=O) groups is 2. The van der Waals surface area contributed by atoms with E-state index in [0.717, 1.165) is 23.1 Å². The molecule has 26 heavy (non-hydrogen) atoms. The van der Waals surface area contributed by atoms with Crippen molar-refractivity contribution in [3.8, 4) is 0 Å². The van der Waals surface area contributed by atoms with Gasteiger partial charge in [0.25, 0.3) is 0 Å². The number of hydrogen-bond acceptors (Lipinski definition) is 6. The van der Waals surface area contributed by atoms with Gasteiger partial charge in [-0.25, -0.2) is 9.78 Å². The number of carboxylic acids is 1. The first-order chi connectivity index (χ1) is 12.5. The Morgan fingerprint density at radius 2 is 2.19 bits per heavy atom. The van der Waals surface area contributed by atoms with E-state index in [4.69, 9.17) is 5.11 Å². The van der Waals surface area contributed by atoms with Crippen molar-refractivity contribution < 1.29 is 14.7 Å². The average Bonchev–Trinajstić information content (AvgIpc) is 3.21. The Morgan fingerprint density at radius 1 is 1.46 bits per heavy atom. The van der Waals surface area contributed by atoms with Gasteiger partial charge in [-0.3, -0.25) is 4.79 Å². The number of carbonyl (C=O) groups excluding carboxylic acids is 1. The van der Waals surface area contributed by atoms with E-state index in [1.807, 2.05) is 4.90 Å². The van der Waals surface area contributed by atoms with Crippen LogP contribution in [-0.4, -0.2) is 57.8 Å². The van der Waals surface area contributed by atoms with Crippen LogP contribution in [0.2, 0.25) is 0 Å². The molecule has 8 heteroatoms. The predicted octanol–water partition coefficient (Wildman–Crippen LogP) is 3.48. The molecular weight excluding hydrogens is 370 g/mol. The van der Waals surface area contributed by atoms with Crippen molar-refractivity contribution in [1.29, 1.82) is 0 Å². The van der Waals surface area contributed by atoms with Crippen LogP contribution in [0.15, 0.2) is 9.72 Å². The maximum absolute atomic E-state index is 12.2. The second kappa shape index (κ2) is 10.9. The fourth-order valence-corrected chi connectivity index (χ4v) is 5.12. The summed E-state index contributed by atoms with van der Waals surface area (Å²) in [6, 6.07) is 0.812. The van der Waals surface area contributed by atoms with E-state index in [0.29, 0.717) is 19.0 Å².